The highest BCUT2D eigenvalue weighted by atomic mass is 16.4. The topological polar surface area (TPSA) is 112 Å². The van der Waals surface area contributed by atoms with Gasteiger partial charge in [0.05, 0.1) is 34.3 Å². The van der Waals surface area contributed by atoms with E-state index in [0.29, 0.717) is 23.6 Å². The van der Waals surface area contributed by atoms with Crippen LogP contribution in [0.25, 0.3) is 10.8 Å². The second kappa shape index (κ2) is 9.65. The lowest BCUT2D eigenvalue weighted by atomic mass is 9.99. The maximum atomic E-state index is 11.8. The average molecular weight is 476 g/mol. The Hall–Kier alpha value is -5.09. The summed E-state index contributed by atoms with van der Waals surface area (Å²) in [6.45, 7) is 0.321. The molecule has 2 aromatic carbocycles. The summed E-state index contributed by atoms with van der Waals surface area (Å²) in [4.78, 5) is 27.7. The molecule has 2 aliphatic rings. The highest BCUT2D eigenvalue weighted by Gasteiger charge is 2.24. The summed E-state index contributed by atoms with van der Waals surface area (Å²) in [6.07, 6.45) is 7.72. The van der Waals surface area contributed by atoms with Gasteiger partial charge in [0.15, 0.2) is 0 Å². The standard InChI is InChI=1S/C29H21N3O4/c33-28(34)22-10-12-31-25(15-22)27-17-23(29(35)36)16-26(32-27)24-14-19(9-11-30-24)6-5-18-7-8-20-3-1-2-4-21(20)13-18/h1-4,7-11,13-17,26,31-32H,12H2,(H,33,34)(H,35,36). The minimum absolute atomic E-state index is 0.0809. The molecule has 1 atom stereocenters. The third kappa shape index (κ3) is 4.88. The van der Waals surface area contributed by atoms with E-state index in [0.717, 1.165) is 21.9 Å². The molecule has 2 aliphatic heterocycles. The van der Waals surface area contributed by atoms with Crippen molar-refractivity contribution in [3.05, 3.63) is 124 Å². The number of fused-ring (bicyclic) bond motifs is 1. The first-order chi connectivity index (χ1) is 17.5. The van der Waals surface area contributed by atoms with Crippen molar-refractivity contribution in [1.82, 2.24) is 15.6 Å². The normalized spacial score (nSPS) is 16.7. The van der Waals surface area contributed by atoms with E-state index >= 15 is 0 Å². The number of pyridine rings is 1. The van der Waals surface area contributed by atoms with Crippen LogP contribution in [-0.2, 0) is 9.59 Å². The van der Waals surface area contributed by atoms with Crippen molar-refractivity contribution in [2.75, 3.05) is 6.54 Å². The van der Waals surface area contributed by atoms with Crippen LogP contribution in [0.5, 0.6) is 0 Å². The molecule has 0 fully saturated rings. The molecule has 3 aromatic rings. The Labute approximate surface area is 207 Å². The lowest BCUT2D eigenvalue weighted by molar-refractivity contribution is -0.133. The van der Waals surface area contributed by atoms with Crippen molar-refractivity contribution < 1.29 is 19.8 Å². The minimum atomic E-state index is -1.09. The molecule has 7 heteroatoms. The zero-order valence-electron chi connectivity index (χ0n) is 19.0. The van der Waals surface area contributed by atoms with Crippen molar-refractivity contribution >= 4 is 22.7 Å². The highest BCUT2D eigenvalue weighted by molar-refractivity contribution is 5.92. The van der Waals surface area contributed by atoms with E-state index in [1.807, 2.05) is 42.5 Å². The molecule has 5 rings (SSSR count). The molecule has 36 heavy (non-hydrogen) atoms. The third-order valence-electron chi connectivity index (χ3n) is 5.86. The summed E-state index contributed by atoms with van der Waals surface area (Å²) in [6, 6.07) is 17.2. The van der Waals surface area contributed by atoms with E-state index < -0.39 is 18.0 Å². The largest absolute Gasteiger partial charge is 0.478 e. The Balaban J connectivity index is 1.43. The van der Waals surface area contributed by atoms with Gasteiger partial charge in [0.25, 0.3) is 0 Å². The van der Waals surface area contributed by atoms with Gasteiger partial charge in [-0.2, -0.15) is 0 Å². The van der Waals surface area contributed by atoms with E-state index in [1.165, 1.54) is 12.2 Å². The number of benzene rings is 2. The van der Waals surface area contributed by atoms with Crippen molar-refractivity contribution in [2.45, 2.75) is 6.04 Å². The van der Waals surface area contributed by atoms with Crippen LogP contribution in [0.15, 0.2) is 108 Å². The zero-order valence-corrected chi connectivity index (χ0v) is 19.0. The second-order valence-electron chi connectivity index (χ2n) is 8.29. The Morgan fingerprint density at radius 3 is 2.36 bits per heavy atom. The van der Waals surface area contributed by atoms with Crippen LogP contribution in [0, 0.1) is 11.8 Å². The molecule has 0 radical (unpaired) electrons. The summed E-state index contributed by atoms with van der Waals surface area (Å²) in [5.41, 5.74) is 3.41. The lowest BCUT2D eigenvalue weighted by Gasteiger charge is -2.26. The van der Waals surface area contributed by atoms with Crippen LogP contribution in [0.1, 0.15) is 22.9 Å². The fourth-order valence-electron chi connectivity index (χ4n) is 4.05. The molecular formula is C29H21N3O4. The first-order valence-corrected chi connectivity index (χ1v) is 11.3. The van der Waals surface area contributed by atoms with Gasteiger partial charge < -0.3 is 20.8 Å². The number of carboxylic acids is 2. The molecule has 1 aromatic heterocycles. The number of carboxylic acid groups (broad SMARTS) is 2. The van der Waals surface area contributed by atoms with Crippen LogP contribution >= 0.6 is 0 Å². The van der Waals surface area contributed by atoms with Crippen molar-refractivity contribution in [3.8, 4) is 11.8 Å². The molecule has 3 heterocycles. The fraction of sp³-hybridized carbons (Fsp3) is 0.0690. The van der Waals surface area contributed by atoms with Gasteiger partial charge in [-0.1, -0.05) is 48.2 Å². The van der Waals surface area contributed by atoms with Crippen LogP contribution in [0.2, 0.25) is 0 Å². The van der Waals surface area contributed by atoms with Gasteiger partial charge in [-0.05, 0) is 53.3 Å². The van der Waals surface area contributed by atoms with E-state index in [4.69, 9.17) is 0 Å². The summed E-state index contributed by atoms with van der Waals surface area (Å²) >= 11 is 0. The zero-order chi connectivity index (χ0) is 25.1. The van der Waals surface area contributed by atoms with E-state index in [-0.39, 0.29) is 11.1 Å². The quantitative estimate of drug-likeness (QED) is 0.426. The first kappa shape index (κ1) is 22.7. The van der Waals surface area contributed by atoms with Crippen LogP contribution in [-0.4, -0.2) is 33.7 Å². The number of nitrogens with one attached hydrogen (secondary N) is 2. The number of carbonyl (C=O) groups is 2. The summed E-state index contributed by atoms with van der Waals surface area (Å²) in [5, 5.41) is 27.6. The van der Waals surface area contributed by atoms with Gasteiger partial charge in [0, 0.05) is 23.9 Å². The van der Waals surface area contributed by atoms with Gasteiger partial charge in [0.2, 0.25) is 0 Å². The van der Waals surface area contributed by atoms with Crippen molar-refractivity contribution in [3.63, 3.8) is 0 Å². The summed E-state index contributed by atoms with van der Waals surface area (Å²) < 4.78 is 0. The Morgan fingerprint density at radius 2 is 1.58 bits per heavy atom. The predicted molar refractivity (Wildman–Crippen MR) is 136 cm³/mol. The number of aliphatic carboxylic acids is 2. The fourth-order valence-corrected chi connectivity index (χ4v) is 4.05. The number of hydrogen-bond donors (Lipinski definition) is 4. The Kier molecular flexibility index (Phi) is 6.08. The predicted octanol–water partition coefficient (Wildman–Crippen LogP) is 3.67. The van der Waals surface area contributed by atoms with Gasteiger partial charge in [-0.3, -0.25) is 4.98 Å². The molecular weight excluding hydrogens is 454 g/mol. The van der Waals surface area contributed by atoms with Gasteiger partial charge >= 0.3 is 11.9 Å². The van der Waals surface area contributed by atoms with E-state index in [2.05, 4.69) is 33.5 Å². The number of rotatable bonds is 4. The molecule has 0 amide bonds. The van der Waals surface area contributed by atoms with Crippen LogP contribution in [0.4, 0.5) is 0 Å². The molecule has 1 unspecified atom stereocenters. The molecule has 176 valence electrons. The smallest absolute Gasteiger partial charge is 0.335 e. The monoisotopic (exact) mass is 475 g/mol. The average Bonchev–Trinajstić information content (AvgIpc) is 2.91. The van der Waals surface area contributed by atoms with Gasteiger partial charge in [-0.25, -0.2) is 9.59 Å². The molecule has 0 aliphatic carbocycles. The van der Waals surface area contributed by atoms with Gasteiger partial charge in [-0.15, -0.1) is 0 Å². The molecule has 0 spiro atoms. The molecule has 0 saturated heterocycles. The number of nitrogens with zero attached hydrogens (tertiary/aromatic N) is 1. The van der Waals surface area contributed by atoms with E-state index in [9.17, 15) is 19.8 Å². The highest BCUT2D eigenvalue weighted by Crippen LogP contribution is 2.26. The maximum Gasteiger partial charge on any atom is 0.335 e. The second-order valence-corrected chi connectivity index (χ2v) is 8.29. The third-order valence-corrected chi connectivity index (χ3v) is 5.86. The number of hydrogen-bond acceptors (Lipinski definition) is 5. The number of dihydropyridines is 2. The molecule has 7 nitrogen and oxygen atoms in total. The van der Waals surface area contributed by atoms with Crippen molar-refractivity contribution in [2.24, 2.45) is 0 Å². The van der Waals surface area contributed by atoms with E-state index in [1.54, 1.807) is 24.4 Å². The minimum Gasteiger partial charge on any atom is -0.478 e. The Morgan fingerprint density at radius 1 is 0.861 bits per heavy atom. The summed E-state index contributed by atoms with van der Waals surface area (Å²) in [7, 11) is 0. The lowest BCUT2D eigenvalue weighted by Crippen LogP contribution is -2.31. The van der Waals surface area contributed by atoms with Crippen molar-refractivity contribution in [1.29, 1.82) is 0 Å². The Bertz CT molecular complexity index is 1580. The summed E-state index contributed by atoms with van der Waals surface area (Å²) in [5.74, 6) is 4.22. The van der Waals surface area contributed by atoms with Crippen LogP contribution < -0.4 is 10.6 Å². The maximum absolute atomic E-state index is 11.8. The molecule has 4 N–H and O–H groups in total. The van der Waals surface area contributed by atoms with Crippen LogP contribution in [0.3, 0.4) is 0 Å². The number of aromatic nitrogens is 1. The first-order valence-electron chi connectivity index (χ1n) is 11.3. The SMILES string of the molecule is O=C(O)C1=CCNC(C2=CC(C(=O)O)=CC(c3cc(C#Cc4ccc5ccccc5c4)ccn3)N2)=C1. The van der Waals surface area contributed by atoms with Gasteiger partial charge in [0.1, 0.15) is 0 Å². The molecule has 0 saturated carbocycles. The molecule has 0 bridgehead atoms.